The molecule has 0 radical (unpaired) electrons. The van der Waals surface area contributed by atoms with Gasteiger partial charge >= 0.3 is 5.97 Å². The summed E-state index contributed by atoms with van der Waals surface area (Å²) in [5.41, 5.74) is 9.42. The van der Waals surface area contributed by atoms with Gasteiger partial charge in [0.05, 0.1) is 0 Å². The average Bonchev–Trinajstić information content (AvgIpc) is 2.84. The Bertz CT molecular complexity index is 478. The van der Waals surface area contributed by atoms with Gasteiger partial charge in [-0.1, -0.05) is 32.0 Å². The van der Waals surface area contributed by atoms with Crippen molar-refractivity contribution in [2.45, 2.75) is 39.5 Å². The van der Waals surface area contributed by atoms with Gasteiger partial charge in [0, 0.05) is 18.7 Å². The molecule has 2 rings (SSSR count). The third-order valence-corrected chi connectivity index (χ3v) is 3.55. The normalized spacial score (nSPS) is 13.8. The molecule has 1 amide bonds. The van der Waals surface area contributed by atoms with E-state index in [4.69, 9.17) is 10.8 Å². The Hall–Kier alpha value is -2.04. The van der Waals surface area contributed by atoms with E-state index in [1.54, 1.807) is 0 Å². The zero-order valence-corrected chi connectivity index (χ0v) is 12.8. The second-order valence-corrected chi connectivity index (χ2v) is 5.01. The molecule has 0 saturated carbocycles. The molecule has 1 aliphatic heterocycles. The number of carboxylic acid groups (broad SMARTS) is 1. The van der Waals surface area contributed by atoms with Gasteiger partial charge in [-0.2, -0.15) is 0 Å². The van der Waals surface area contributed by atoms with Crippen LogP contribution in [0.5, 0.6) is 0 Å². The molecule has 0 aromatic heterocycles. The summed E-state index contributed by atoms with van der Waals surface area (Å²) in [5.74, 6) is -0.974. The Morgan fingerprint density at radius 2 is 1.86 bits per heavy atom. The number of benzene rings is 1. The minimum absolute atomic E-state index is 0.0394. The number of amides is 1. The maximum absolute atomic E-state index is 10.8. The highest BCUT2D eigenvalue weighted by molar-refractivity contribution is 5.82. The van der Waals surface area contributed by atoms with Gasteiger partial charge < -0.3 is 15.7 Å². The van der Waals surface area contributed by atoms with E-state index in [0.29, 0.717) is 13.0 Å². The standard InChI is InChI=1S/C10H15N.C6H9NO3/c1-3-8-6-5-7-9(4-2)10(8)11;8-5-2-1-3-7(5)4-6(9)10/h5-7H,3-4,11H2,1-2H3;1-4H2,(H,9,10). The van der Waals surface area contributed by atoms with E-state index < -0.39 is 5.97 Å². The van der Waals surface area contributed by atoms with Crippen molar-refractivity contribution in [1.82, 2.24) is 4.90 Å². The van der Waals surface area contributed by atoms with Crippen molar-refractivity contribution >= 4 is 17.6 Å². The lowest BCUT2D eigenvalue weighted by Crippen LogP contribution is -2.30. The number of carboxylic acids is 1. The van der Waals surface area contributed by atoms with E-state index in [1.165, 1.54) is 16.0 Å². The number of aliphatic carboxylic acids is 1. The Labute approximate surface area is 125 Å². The second kappa shape index (κ2) is 8.29. The Morgan fingerprint density at radius 3 is 2.24 bits per heavy atom. The molecule has 0 aliphatic carbocycles. The summed E-state index contributed by atoms with van der Waals surface area (Å²) in [4.78, 5) is 22.2. The van der Waals surface area contributed by atoms with E-state index >= 15 is 0 Å². The number of anilines is 1. The van der Waals surface area contributed by atoms with Crippen LogP contribution in [0.3, 0.4) is 0 Å². The fourth-order valence-electron chi connectivity index (χ4n) is 2.32. The SMILES string of the molecule is CCc1cccc(CC)c1N.O=C(O)CN1CCCC1=O. The number of nitrogen functional groups attached to an aromatic ring is 1. The third-order valence-electron chi connectivity index (χ3n) is 3.55. The smallest absolute Gasteiger partial charge is 0.323 e. The molecule has 1 aliphatic rings. The highest BCUT2D eigenvalue weighted by Crippen LogP contribution is 2.17. The predicted molar refractivity (Wildman–Crippen MR) is 83.1 cm³/mol. The molecule has 21 heavy (non-hydrogen) atoms. The quantitative estimate of drug-likeness (QED) is 0.832. The van der Waals surface area contributed by atoms with Crippen molar-refractivity contribution in [3.05, 3.63) is 29.3 Å². The summed E-state index contributed by atoms with van der Waals surface area (Å²) in [5, 5.41) is 8.30. The molecule has 0 unspecified atom stereocenters. The van der Waals surface area contributed by atoms with Crippen molar-refractivity contribution in [3.8, 4) is 0 Å². The fourth-order valence-corrected chi connectivity index (χ4v) is 2.32. The lowest BCUT2D eigenvalue weighted by molar-refractivity contribution is -0.142. The minimum atomic E-state index is -0.935. The van der Waals surface area contributed by atoms with Crippen molar-refractivity contribution in [2.75, 3.05) is 18.8 Å². The summed E-state index contributed by atoms with van der Waals surface area (Å²) >= 11 is 0. The molecule has 1 fully saturated rings. The number of carbonyl (C=O) groups is 2. The molecule has 0 atom stereocenters. The summed E-state index contributed by atoms with van der Waals surface area (Å²) < 4.78 is 0. The number of nitrogens with zero attached hydrogens (tertiary/aromatic N) is 1. The van der Waals surface area contributed by atoms with Gasteiger partial charge in [0.15, 0.2) is 0 Å². The fraction of sp³-hybridized carbons (Fsp3) is 0.500. The molecule has 1 aromatic rings. The van der Waals surface area contributed by atoms with E-state index in [1.807, 2.05) is 0 Å². The second-order valence-electron chi connectivity index (χ2n) is 5.01. The first-order valence-electron chi connectivity index (χ1n) is 7.35. The van der Waals surface area contributed by atoms with Gasteiger partial charge in [-0.05, 0) is 30.4 Å². The minimum Gasteiger partial charge on any atom is -0.480 e. The number of aryl methyl sites for hydroxylation is 2. The monoisotopic (exact) mass is 292 g/mol. The zero-order chi connectivity index (χ0) is 15.8. The van der Waals surface area contributed by atoms with Gasteiger partial charge in [0.2, 0.25) is 5.91 Å². The van der Waals surface area contributed by atoms with E-state index in [-0.39, 0.29) is 12.5 Å². The number of carbonyl (C=O) groups excluding carboxylic acids is 1. The van der Waals surface area contributed by atoms with Gasteiger partial charge in [0.25, 0.3) is 0 Å². The van der Waals surface area contributed by atoms with Crippen LogP contribution >= 0.6 is 0 Å². The average molecular weight is 292 g/mol. The van der Waals surface area contributed by atoms with Crippen molar-refractivity contribution < 1.29 is 14.7 Å². The third kappa shape index (κ3) is 5.10. The molecule has 0 bridgehead atoms. The highest BCUT2D eigenvalue weighted by atomic mass is 16.4. The highest BCUT2D eigenvalue weighted by Gasteiger charge is 2.21. The van der Waals surface area contributed by atoms with Crippen LogP contribution in [-0.4, -0.2) is 35.0 Å². The zero-order valence-electron chi connectivity index (χ0n) is 12.8. The summed E-state index contributed by atoms with van der Waals surface area (Å²) in [6.45, 7) is 4.72. The maximum atomic E-state index is 10.8. The van der Waals surface area contributed by atoms with Crippen LogP contribution in [0.4, 0.5) is 5.69 Å². The van der Waals surface area contributed by atoms with Gasteiger partial charge in [-0.25, -0.2) is 0 Å². The molecule has 1 saturated heterocycles. The van der Waals surface area contributed by atoms with Crippen LogP contribution in [0.2, 0.25) is 0 Å². The molecule has 3 N–H and O–H groups in total. The number of rotatable bonds is 4. The molecule has 5 heteroatoms. The van der Waals surface area contributed by atoms with Gasteiger partial charge in [0.1, 0.15) is 6.54 Å². The lowest BCUT2D eigenvalue weighted by Gasteiger charge is -2.10. The van der Waals surface area contributed by atoms with Gasteiger partial charge in [-0.15, -0.1) is 0 Å². The molecular weight excluding hydrogens is 268 g/mol. The first kappa shape index (κ1) is 17.0. The Kier molecular flexibility index (Phi) is 6.72. The van der Waals surface area contributed by atoms with Gasteiger partial charge in [-0.3, -0.25) is 9.59 Å². The molecule has 0 spiro atoms. The van der Waals surface area contributed by atoms with Crippen molar-refractivity contribution in [3.63, 3.8) is 0 Å². The number of nitrogens with two attached hydrogens (primary N) is 1. The number of para-hydroxylation sites is 1. The van der Waals surface area contributed by atoms with Crippen LogP contribution in [0, 0.1) is 0 Å². The molecule has 1 heterocycles. The van der Waals surface area contributed by atoms with E-state index in [2.05, 4.69) is 32.0 Å². The Balaban J connectivity index is 0.000000211. The number of hydrogen-bond acceptors (Lipinski definition) is 3. The van der Waals surface area contributed by atoms with E-state index in [9.17, 15) is 9.59 Å². The molecular formula is C16H24N2O3. The maximum Gasteiger partial charge on any atom is 0.323 e. The molecule has 1 aromatic carbocycles. The largest absolute Gasteiger partial charge is 0.480 e. The predicted octanol–water partition coefficient (Wildman–Crippen LogP) is 2.09. The van der Waals surface area contributed by atoms with E-state index in [0.717, 1.165) is 24.9 Å². The van der Waals surface area contributed by atoms with Crippen LogP contribution in [0.15, 0.2) is 18.2 Å². The summed E-state index contributed by atoms with van der Waals surface area (Å²) in [6, 6.07) is 6.26. The lowest BCUT2D eigenvalue weighted by atomic mass is 10.0. The first-order chi connectivity index (χ1) is 9.99. The van der Waals surface area contributed by atoms with Crippen LogP contribution in [-0.2, 0) is 22.4 Å². The van der Waals surface area contributed by atoms with Crippen LogP contribution < -0.4 is 5.73 Å². The number of likely N-dealkylation sites (tertiary alicyclic amines) is 1. The Morgan fingerprint density at radius 1 is 1.29 bits per heavy atom. The van der Waals surface area contributed by atoms with Crippen LogP contribution in [0.1, 0.15) is 37.8 Å². The molecule has 116 valence electrons. The number of hydrogen-bond donors (Lipinski definition) is 2. The molecule has 5 nitrogen and oxygen atoms in total. The summed E-state index contributed by atoms with van der Waals surface area (Å²) in [7, 11) is 0. The topological polar surface area (TPSA) is 83.6 Å². The van der Waals surface area contributed by atoms with Crippen LogP contribution in [0.25, 0.3) is 0 Å². The summed E-state index contributed by atoms with van der Waals surface area (Å²) in [6.07, 6.45) is 3.36. The van der Waals surface area contributed by atoms with Crippen molar-refractivity contribution in [2.24, 2.45) is 0 Å². The first-order valence-corrected chi connectivity index (χ1v) is 7.35. The van der Waals surface area contributed by atoms with Crippen molar-refractivity contribution in [1.29, 1.82) is 0 Å².